The van der Waals surface area contributed by atoms with Crippen LogP contribution in [0.1, 0.15) is 22.3 Å². The first-order valence-corrected chi connectivity index (χ1v) is 5.61. The number of carbonyl (C=O) groups is 2. The van der Waals surface area contributed by atoms with Gasteiger partial charge < -0.3 is 14.2 Å². The van der Waals surface area contributed by atoms with E-state index in [2.05, 4.69) is 9.47 Å². The average Bonchev–Trinajstić information content (AvgIpc) is 2.44. The predicted octanol–water partition coefficient (Wildman–Crippen LogP) is 1.34. The lowest BCUT2D eigenvalue weighted by molar-refractivity contribution is -0.149. The summed E-state index contributed by atoms with van der Waals surface area (Å²) >= 11 is 0. The molecule has 0 aromatic heterocycles. The van der Waals surface area contributed by atoms with Crippen LogP contribution in [0.5, 0.6) is 5.75 Å². The van der Waals surface area contributed by atoms with Crippen molar-refractivity contribution in [2.24, 2.45) is 0 Å². The van der Waals surface area contributed by atoms with Gasteiger partial charge in [-0.15, -0.1) is 0 Å². The van der Waals surface area contributed by atoms with E-state index in [9.17, 15) is 9.59 Å². The first-order valence-electron chi connectivity index (χ1n) is 5.61. The highest BCUT2D eigenvalue weighted by molar-refractivity contribution is 5.89. The van der Waals surface area contributed by atoms with E-state index < -0.39 is 6.10 Å². The van der Waals surface area contributed by atoms with E-state index in [0.717, 1.165) is 5.56 Å². The molecular formula is C13H14O5. The number of hydrogen-bond acceptors (Lipinski definition) is 5. The SMILES string of the molecule is COC(=O)c1ccc2c(c1)CCC(C(=O)OC)O2. The summed E-state index contributed by atoms with van der Waals surface area (Å²) in [6, 6.07) is 5.02. The summed E-state index contributed by atoms with van der Waals surface area (Å²) in [7, 11) is 2.67. The van der Waals surface area contributed by atoms with Gasteiger partial charge in [-0.1, -0.05) is 0 Å². The van der Waals surface area contributed by atoms with Crippen LogP contribution in [0.15, 0.2) is 18.2 Å². The molecule has 0 bridgehead atoms. The third-order valence-corrected chi connectivity index (χ3v) is 2.89. The summed E-state index contributed by atoms with van der Waals surface area (Å²) in [6.07, 6.45) is 0.649. The molecule has 0 aliphatic carbocycles. The fourth-order valence-electron chi connectivity index (χ4n) is 1.93. The second kappa shape index (κ2) is 5.08. The Balaban J connectivity index is 2.20. The number of esters is 2. The molecule has 0 amide bonds. The molecule has 1 heterocycles. The second-order valence-corrected chi connectivity index (χ2v) is 3.98. The lowest BCUT2D eigenvalue weighted by Gasteiger charge is -2.24. The molecule has 1 unspecified atom stereocenters. The van der Waals surface area contributed by atoms with Gasteiger partial charge in [0.25, 0.3) is 0 Å². The summed E-state index contributed by atoms with van der Waals surface area (Å²) in [5.41, 5.74) is 1.38. The summed E-state index contributed by atoms with van der Waals surface area (Å²) in [4.78, 5) is 22.8. The molecule has 2 rings (SSSR count). The topological polar surface area (TPSA) is 61.8 Å². The zero-order valence-electron chi connectivity index (χ0n) is 10.3. The van der Waals surface area contributed by atoms with E-state index >= 15 is 0 Å². The maximum Gasteiger partial charge on any atom is 0.347 e. The molecule has 1 aromatic rings. The fourth-order valence-corrected chi connectivity index (χ4v) is 1.93. The highest BCUT2D eigenvalue weighted by atomic mass is 16.6. The number of rotatable bonds is 2. The van der Waals surface area contributed by atoms with Crippen molar-refractivity contribution in [3.05, 3.63) is 29.3 Å². The lowest BCUT2D eigenvalue weighted by Crippen LogP contribution is -2.32. The molecule has 0 saturated heterocycles. The summed E-state index contributed by atoms with van der Waals surface area (Å²) in [5.74, 6) is -0.144. The van der Waals surface area contributed by atoms with Crippen LogP contribution >= 0.6 is 0 Å². The normalized spacial score (nSPS) is 17.3. The Morgan fingerprint density at radius 2 is 2.06 bits per heavy atom. The van der Waals surface area contributed by atoms with Crippen LogP contribution in [-0.4, -0.2) is 32.3 Å². The largest absolute Gasteiger partial charge is 0.478 e. The minimum absolute atomic E-state index is 0.377. The van der Waals surface area contributed by atoms with E-state index in [1.54, 1.807) is 18.2 Å². The predicted molar refractivity (Wildman–Crippen MR) is 62.5 cm³/mol. The van der Waals surface area contributed by atoms with Crippen molar-refractivity contribution in [3.63, 3.8) is 0 Å². The fraction of sp³-hybridized carbons (Fsp3) is 0.385. The molecule has 0 saturated carbocycles. The highest BCUT2D eigenvalue weighted by Crippen LogP contribution is 2.29. The molecule has 1 aliphatic heterocycles. The van der Waals surface area contributed by atoms with Crippen molar-refractivity contribution in [2.45, 2.75) is 18.9 Å². The molecule has 0 fully saturated rings. The summed E-state index contributed by atoms with van der Waals surface area (Å²) in [5, 5.41) is 0. The van der Waals surface area contributed by atoms with Gasteiger partial charge >= 0.3 is 11.9 Å². The number of fused-ring (bicyclic) bond motifs is 1. The van der Waals surface area contributed by atoms with Gasteiger partial charge in [-0.2, -0.15) is 0 Å². The van der Waals surface area contributed by atoms with E-state index in [0.29, 0.717) is 24.2 Å². The van der Waals surface area contributed by atoms with Crippen molar-refractivity contribution < 1.29 is 23.8 Å². The van der Waals surface area contributed by atoms with Crippen molar-refractivity contribution in [1.82, 2.24) is 0 Å². The van der Waals surface area contributed by atoms with Crippen molar-refractivity contribution in [2.75, 3.05) is 14.2 Å². The molecule has 5 heteroatoms. The van der Waals surface area contributed by atoms with Crippen molar-refractivity contribution in [1.29, 1.82) is 0 Å². The van der Waals surface area contributed by atoms with E-state index in [4.69, 9.17) is 4.74 Å². The standard InChI is InChI=1S/C13H14O5/c1-16-12(14)9-4-5-10-8(7-9)3-6-11(18-10)13(15)17-2/h4-5,7,11H,3,6H2,1-2H3. The lowest BCUT2D eigenvalue weighted by atomic mass is 10.00. The van der Waals surface area contributed by atoms with Gasteiger partial charge in [0.15, 0.2) is 6.10 Å². The number of methoxy groups -OCH3 is 2. The van der Waals surface area contributed by atoms with Crippen LogP contribution in [-0.2, 0) is 20.7 Å². The van der Waals surface area contributed by atoms with Gasteiger partial charge in [0.1, 0.15) is 5.75 Å². The first kappa shape index (κ1) is 12.4. The van der Waals surface area contributed by atoms with Gasteiger partial charge in [-0.05, 0) is 36.6 Å². The quantitative estimate of drug-likeness (QED) is 0.741. The van der Waals surface area contributed by atoms with Crippen LogP contribution in [0.2, 0.25) is 0 Å². The zero-order chi connectivity index (χ0) is 13.1. The summed E-state index contributed by atoms with van der Waals surface area (Å²) < 4.78 is 14.8. The Bertz CT molecular complexity index is 480. The Morgan fingerprint density at radius 1 is 1.28 bits per heavy atom. The van der Waals surface area contributed by atoms with Crippen molar-refractivity contribution in [3.8, 4) is 5.75 Å². The molecule has 18 heavy (non-hydrogen) atoms. The van der Waals surface area contributed by atoms with Crippen LogP contribution in [0, 0.1) is 0 Å². The minimum Gasteiger partial charge on any atom is -0.478 e. The minimum atomic E-state index is -0.563. The van der Waals surface area contributed by atoms with Crippen molar-refractivity contribution >= 4 is 11.9 Å². The average molecular weight is 250 g/mol. The molecule has 1 aliphatic rings. The molecule has 0 radical (unpaired) electrons. The van der Waals surface area contributed by atoms with Gasteiger partial charge in [0, 0.05) is 0 Å². The van der Waals surface area contributed by atoms with Crippen LogP contribution in [0.25, 0.3) is 0 Å². The molecule has 1 aromatic carbocycles. The van der Waals surface area contributed by atoms with Crippen LogP contribution in [0.3, 0.4) is 0 Å². The maximum atomic E-state index is 11.4. The van der Waals surface area contributed by atoms with Gasteiger partial charge in [-0.3, -0.25) is 0 Å². The molecule has 1 atom stereocenters. The molecule has 96 valence electrons. The highest BCUT2D eigenvalue weighted by Gasteiger charge is 2.27. The van der Waals surface area contributed by atoms with Crippen LogP contribution in [0.4, 0.5) is 0 Å². The monoisotopic (exact) mass is 250 g/mol. The van der Waals surface area contributed by atoms with E-state index in [1.165, 1.54) is 14.2 Å². The first-order chi connectivity index (χ1) is 8.65. The molecular weight excluding hydrogens is 236 g/mol. The number of benzene rings is 1. The van der Waals surface area contributed by atoms with Crippen LogP contribution < -0.4 is 4.74 Å². The zero-order valence-corrected chi connectivity index (χ0v) is 10.3. The smallest absolute Gasteiger partial charge is 0.347 e. The Morgan fingerprint density at radius 3 is 2.72 bits per heavy atom. The van der Waals surface area contributed by atoms with Gasteiger partial charge in [0.05, 0.1) is 19.8 Å². The number of hydrogen-bond donors (Lipinski definition) is 0. The maximum absolute atomic E-state index is 11.4. The molecule has 0 N–H and O–H groups in total. The van der Waals surface area contributed by atoms with E-state index in [-0.39, 0.29) is 11.9 Å². The Kier molecular flexibility index (Phi) is 3.50. The number of ether oxygens (including phenoxy) is 3. The number of aryl methyl sites for hydroxylation is 1. The third-order valence-electron chi connectivity index (χ3n) is 2.89. The second-order valence-electron chi connectivity index (χ2n) is 3.98. The number of carbonyl (C=O) groups excluding carboxylic acids is 2. The molecule has 5 nitrogen and oxygen atoms in total. The van der Waals surface area contributed by atoms with E-state index in [1.807, 2.05) is 0 Å². The van der Waals surface area contributed by atoms with Gasteiger partial charge in [0.2, 0.25) is 0 Å². The Labute approximate surface area is 105 Å². The van der Waals surface area contributed by atoms with Gasteiger partial charge in [-0.25, -0.2) is 9.59 Å². The third kappa shape index (κ3) is 2.30. The summed E-state index contributed by atoms with van der Waals surface area (Å²) in [6.45, 7) is 0. The Hall–Kier alpha value is -2.04. The molecule has 0 spiro atoms.